The van der Waals surface area contributed by atoms with Gasteiger partial charge in [-0.3, -0.25) is 4.79 Å². The van der Waals surface area contributed by atoms with E-state index in [1.807, 2.05) is 11.1 Å². The summed E-state index contributed by atoms with van der Waals surface area (Å²) in [7, 11) is 1.62. The number of rotatable bonds is 6. The van der Waals surface area contributed by atoms with Gasteiger partial charge in [0.2, 0.25) is 11.9 Å². The lowest BCUT2D eigenvalue weighted by Crippen LogP contribution is -2.42. The van der Waals surface area contributed by atoms with Crippen LogP contribution in [0.4, 0.5) is 5.95 Å². The number of hydrogen-bond acceptors (Lipinski definition) is 6. The first-order valence-corrected chi connectivity index (χ1v) is 9.15. The van der Waals surface area contributed by atoms with Crippen molar-refractivity contribution in [1.29, 1.82) is 0 Å². The highest BCUT2D eigenvalue weighted by molar-refractivity contribution is 5.77. The predicted octanol–water partition coefficient (Wildman–Crippen LogP) is 1.34. The van der Waals surface area contributed by atoms with Crippen molar-refractivity contribution in [2.45, 2.75) is 37.7 Å². The van der Waals surface area contributed by atoms with Crippen molar-refractivity contribution in [3.63, 3.8) is 0 Å². The quantitative estimate of drug-likeness (QED) is 0.838. The molecule has 1 aromatic heterocycles. The monoisotopic (exact) mass is 346 g/mol. The molecule has 25 heavy (non-hydrogen) atoms. The average molecular weight is 346 g/mol. The molecule has 1 amide bonds. The van der Waals surface area contributed by atoms with E-state index in [4.69, 9.17) is 14.5 Å². The molecule has 0 radical (unpaired) electrons. The molecule has 3 aliphatic rings. The molecule has 3 heterocycles. The first-order chi connectivity index (χ1) is 12.2. The number of nitrogens with one attached hydrogen (secondary N) is 1. The lowest BCUT2D eigenvalue weighted by Gasteiger charge is -2.34. The fraction of sp³-hybridized carbons (Fsp3) is 0.722. The lowest BCUT2D eigenvalue weighted by atomic mass is 9.80. The molecule has 1 N–H and O–H groups in total. The van der Waals surface area contributed by atoms with E-state index in [0.717, 1.165) is 36.7 Å². The van der Waals surface area contributed by atoms with E-state index in [-0.39, 0.29) is 11.3 Å². The van der Waals surface area contributed by atoms with E-state index in [0.29, 0.717) is 38.7 Å². The largest absolute Gasteiger partial charge is 0.384 e. The molecular weight excluding hydrogens is 320 g/mol. The summed E-state index contributed by atoms with van der Waals surface area (Å²) in [5.41, 5.74) is 1.92. The summed E-state index contributed by atoms with van der Waals surface area (Å²) in [5.74, 6) is 1.63. The molecule has 1 atom stereocenters. The van der Waals surface area contributed by atoms with Gasteiger partial charge in [0.05, 0.1) is 37.4 Å². The minimum Gasteiger partial charge on any atom is -0.384 e. The van der Waals surface area contributed by atoms with Gasteiger partial charge in [0, 0.05) is 38.5 Å². The number of likely N-dealkylation sites (tertiary alicyclic amines) is 1. The maximum absolute atomic E-state index is 12.4. The molecule has 7 heteroatoms. The molecule has 0 aromatic carbocycles. The van der Waals surface area contributed by atoms with Crippen LogP contribution in [0.2, 0.25) is 0 Å². The average Bonchev–Trinajstić information content (AvgIpc) is 3.38. The van der Waals surface area contributed by atoms with Gasteiger partial charge >= 0.3 is 0 Å². The number of ether oxygens (including phenoxy) is 2. The van der Waals surface area contributed by atoms with Crippen molar-refractivity contribution in [3.05, 3.63) is 17.5 Å². The Morgan fingerprint density at radius 1 is 1.52 bits per heavy atom. The number of methoxy groups -OCH3 is 1. The Labute approximate surface area is 148 Å². The van der Waals surface area contributed by atoms with Crippen LogP contribution >= 0.6 is 0 Å². The Balaban J connectivity index is 1.51. The van der Waals surface area contributed by atoms with Gasteiger partial charge < -0.3 is 19.7 Å². The summed E-state index contributed by atoms with van der Waals surface area (Å²) in [4.78, 5) is 23.6. The minimum absolute atomic E-state index is 0.145. The fourth-order valence-corrected chi connectivity index (χ4v) is 3.78. The van der Waals surface area contributed by atoms with Crippen LogP contribution in [0.5, 0.6) is 0 Å². The zero-order valence-corrected chi connectivity index (χ0v) is 14.8. The van der Waals surface area contributed by atoms with Crippen molar-refractivity contribution < 1.29 is 14.3 Å². The number of amides is 1. The van der Waals surface area contributed by atoms with Crippen LogP contribution in [0.3, 0.4) is 0 Å². The molecular formula is C18H26N4O3. The maximum atomic E-state index is 12.4. The van der Waals surface area contributed by atoms with Gasteiger partial charge in [-0.15, -0.1) is 0 Å². The third kappa shape index (κ3) is 3.48. The smallest absolute Gasteiger partial charge is 0.224 e. The van der Waals surface area contributed by atoms with E-state index < -0.39 is 0 Å². The summed E-state index contributed by atoms with van der Waals surface area (Å²) in [6.45, 7) is 4.00. The molecule has 1 saturated heterocycles. The number of fused-ring (bicyclic) bond motifs is 2. The van der Waals surface area contributed by atoms with Crippen LogP contribution in [0.15, 0.2) is 6.20 Å². The molecule has 0 bridgehead atoms. The van der Waals surface area contributed by atoms with Gasteiger partial charge in [-0.05, 0) is 25.2 Å². The van der Waals surface area contributed by atoms with E-state index in [2.05, 4.69) is 10.3 Å². The molecule has 7 nitrogen and oxygen atoms in total. The van der Waals surface area contributed by atoms with E-state index in [9.17, 15) is 4.79 Å². The number of aromatic nitrogens is 2. The minimum atomic E-state index is -0.199. The van der Waals surface area contributed by atoms with Gasteiger partial charge in [-0.2, -0.15) is 0 Å². The molecule has 2 aliphatic heterocycles. The number of nitrogens with zero attached hydrogens (tertiary/aromatic N) is 3. The van der Waals surface area contributed by atoms with Crippen molar-refractivity contribution in [2.24, 2.45) is 5.92 Å². The van der Waals surface area contributed by atoms with Crippen LogP contribution in [0.1, 0.15) is 36.9 Å². The molecule has 2 fully saturated rings. The van der Waals surface area contributed by atoms with Gasteiger partial charge in [0.1, 0.15) is 0 Å². The van der Waals surface area contributed by atoms with E-state index >= 15 is 0 Å². The van der Waals surface area contributed by atoms with Crippen molar-refractivity contribution >= 4 is 11.9 Å². The maximum Gasteiger partial charge on any atom is 0.224 e. The number of hydrogen-bond donors (Lipinski definition) is 1. The van der Waals surface area contributed by atoms with Gasteiger partial charge in [-0.25, -0.2) is 9.97 Å². The van der Waals surface area contributed by atoms with Crippen molar-refractivity contribution in [2.75, 3.05) is 45.3 Å². The zero-order chi connectivity index (χ0) is 17.3. The van der Waals surface area contributed by atoms with Gasteiger partial charge in [0.15, 0.2) is 0 Å². The number of anilines is 1. The van der Waals surface area contributed by atoms with Crippen LogP contribution in [-0.2, 0) is 26.3 Å². The molecule has 1 spiro atoms. The number of carbonyl (C=O) groups is 1. The summed E-state index contributed by atoms with van der Waals surface area (Å²) >= 11 is 0. The molecule has 0 unspecified atom stereocenters. The van der Waals surface area contributed by atoms with Gasteiger partial charge in [-0.1, -0.05) is 0 Å². The molecule has 1 aromatic rings. The van der Waals surface area contributed by atoms with Crippen molar-refractivity contribution in [3.8, 4) is 0 Å². The second-order valence-electron chi connectivity index (χ2n) is 7.47. The first kappa shape index (κ1) is 16.7. The normalized spacial score (nSPS) is 25.2. The SMILES string of the molecule is COCCC(=O)N1CC[C@]2(COCc3cnc(NCC4CC4)nc32)C1. The molecule has 136 valence electrons. The van der Waals surface area contributed by atoms with E-state index in [1.54, 1.807) is 7.11 Å². The third-order valence-corrected chi connectivity index (χ3v) is 5.48. The highest BCUT2D eigenvalue weighted by Gasteiger charge is 2.46. The van der Waals surface area contributed by atoms with Crippen LogP contribution in [-0.4, -0.2) is 60.7 Å². The second kappa shape index (κ2) is 6.88. The molecule has 1 saturated carbocycles. The second-order valence-corrected chi connectivity index (χ2v) is 7.47. The summed E-state index contributed by atoms with van der Waals surface area (Å²) in [5, 5.41) is 3.36. The Bertz CT molecular complexity index is 649. The summed E-state index contributed by atoms with van der Waals surface area (Å²) < 4.78 is 10.9. The third-order valence-electron chi connectivity index (χ3n) is 5.48. The Hall–Kier alpha value is -1.73. The molecule has 1 aliphatic carbocycles. The zero-order valence-electron chi connectivity index (χ0n) is 14.8. The topological polar surface area (TPSA) is 76.6 Å². The first-order valence-electron chi connectivity index (χ1n) is 9.15. The number of carbonyl (C=O) groups excluding carboxylic acids is 1. The van der Waals surface area contributed by atoms with Crippen LogP contribution in [0.25, 0.3) is 0 Å². The fourth-order valence-electron chi connectivity index (χ4n) is 3.78. The molecule has 4 rings (SSSR count). The van der Waals surface area contributed by atoms with E-state index in [1.165, 1.54) is 12.8 Å². The highest BCUT2D eigenvalue weighted by atomic mass is 16.5. The summed E-state index contributed by atoms with van der Waals surface area (Å²) in [6, 6.07) is 0. The van der Waals surface area contributed by atoms with Gasteiger partial charge in [0.25, 0.3) is 0 Å². The Morgan fingerprint density at radius 2 is 2.40 bits per heavy atom. The Kier molecular flexibility index (Phi) is 4.60. The lowest BCUT2D eigenvalue weighted by molar-refractivity contribution is -0.131. The highest BCUT2D eigenvalue weighted by Crippen LogP contribution is 2.39. The van der Waals surface area contributed by atoms with Crippen LogP contribution < -0.4 is 5.32 Å². The van der Waals surface area contributed by atoms with Crippen molar-refractivity contribution in [1.82, 2.24) is 14.9 Å². The standard InChI is InChI=1S/C18H26N4O3/c1-24-7-4-15(23)22-6-5-18(11-22)12-25-10-14-9-20-17(21-16(14)18)19-8-13-2-3-13/h9,13H,2-8,10-12H2,1H3,(H,19,20,21)/t18-/m1/s1. The van der Waals surface area contributed by atoms with Crippen LogP contribution in [0, 0.1) is 5.92 Å². The predicted molar refractivity (Wildman–Crippen MR) is 92.3 cm³/mol. The Morgan fingerprint density at radius 3 is 3.20 bits per heavy atom. The summed E-state index contributed by atoms with van der Waals surface area (Å²) in [6.07, 6.45) is 5.80.